The summed E-state index contributed by atoms with van der Waals surface area (Å²) in [6, 6.07) is 16.3. The van der Waals surface area contributed by atoms with Gasteiger partial charge in [0.2, 0.25) is 5.91 Å². The normalized spacial score (nSPS) is 12.8. The van der Waals surface area contributed by atoms with Crippen LogP contribution in [0.4, 0.5) is 32.0 Å². The summed E-state index contributed by atoms with van der Waals surface area (Å²) < 4.78 is 82.6. The maximum absolute atomic E-state index is 13.4. The van der Waals surface area contributed by atoms with Crippen LogP contribution in [0.5, 0.6) is 0 Å². The van der Waals surface area contributed by atoms with E-state index in [0.717, 1.165) is 21.4 Å². The molecule has 0 aliphatic heterocycles. The fourth-order valence-corrected chi connectivity index (χ4v) is 4.77. The van der Waals surface area contributed by atoms with Crippen molar-refractivity contribution in [3.8, 4) is 0 Å². The number of rotatable bonds is 8. The van der Waals surface area contributed by atoms with E-state index in [1.54, 1.807) is 30.3 Å². The summed E-state index contributed by atoms with van der Waals surface area (Å²) in [5.74, 6) is -1.37. The number of aryl methyl sites for hydroxylation is 1. The maximum atomic E-state index is 13.4. The number of halogens is 6. The molecule has 216 valence electrons. The zero-order chi connectivity index (χ0) is 29.9. The summed E-state index contributed by atoms with van der Waals surface area (Å²) in [7, 11) is 3.16. The lowest BCUT2D eigenvalue weighted by atomic mass is 9.98. The standard InChI is InChI=1S/C30H27F6N3O2/c1-38-18-20(25-10-6-7-11-26(25)38)16-24(12-13-27(40)37-23-8-4-3-5-9-23)39(2)28(41)19-14-21(29(31,32)33)17-22(15-19)30(34,35)36/h3-11,14-15,17-18,24H,12-13,16H2,1-2H3,(H,37,40). The van der Waals surface area contributed by atoms with E-state index < -0.39 is 41.0 Å². The molecule has 3 aromatic carbocycles. The van der Waals surface area contributed by atoms with Crippen LogP contribution in [-0.2, 0) is 30.6 Å². The second-order valence-corrected chi connectivity index (χ2v) is 9.80. The first-order valence-corrected chi connectivity index (χ1v) is 12.7. The van der Waals surface area contributed by atoms with E-state index in [2.05, 4.69) is 5.32 Å². The molecule has 1 aromatic heterocycles. The Hall–Kier alpha value is -4.28. The van der Waals surface area contributed by atoms with Gasteiger partial charge in [-0.05, 0) is 54.8 Å². The number of anilines is 1. The first kappa shape index (κ1) is 29.7. The smallest absolute Gasteiger partial charge is 0.350 e. The van der Waals surface area contributed by atoms with Crippen LogP contribution < -0.4 is 5.32 Å². The number of para-hydroxylation sites is 2. The lowest BCUT2D eigenvalue weighted by molar-refractivity contribution is -0.143. The molecule has 1 heterocycles. The van der Waals surface area contributed by atoms with Crippen LogP contribution in [0.3, 0.4) is 0 Å². The Bertz CT molecular complexity index is 1510. The number of hydrogen-bond acceptors (Lipinski definition) is 2. The van der Waals surface area contributed by atoms with E-state index in [1.807, 2.05) is 42.1 Å². The molecule has 4 aromatic rings. The molecule has 1 N–H and O–H groups in total. The van der Waals surface area contributed by atoms with E-state index in [4.69, 9.17) is 0 Å². The molecule has 11 heteroatoms. The molecule has 5 nitrogen and oxygen atoms in total. The molecule has 0 spiro atoms. The maximum Gasteiger partial charge on any atom is 0.416 e. The highest BCUT2D eigenvalue weighted by Gasteiger charge is 2.38. The number of aromatic nitrogens is 1. The average molecular weight is 576 g/mol. The highest BCUT2D eigenvalue weighted by Crippen LogP contribution is 2.37. The number of benzene rings is 3. The van der Waals surface area contributed by atoms with Crippen LogP contribution in [0.25, 0.3) is 10.9 Å². The summed E-state index contributed by atoms with van der Waals surface area (Å²) >= 11 is 0. The van der Waals surface area contributed by atoms with Gasteiger partial charge in [-0.3, -0.25) is 9.59 Å². The van der Waals surface area contributed by atoms with Crippen LogP contribution in [0.1, 0.15) is 39.9 Å². The number of fused-ring (bicyclic) bond motifs is 1. The van der Waals surface area contributed by atoms with Gasteiger partial charge < -0.3 is 14.8 Å². The molecule has 0 saturated carbocycles. The highest BCUT2D eigenvalue weighted by molar-refractivity contribution is 5.95. The molecule has 0 aliphatic carbocycles. The Morgan fingerprint density at radius 2 is 1.46 bits per heavy atom. The van der Waals surface area contributed by atoms with Gasteiger partial charge in [-0.1, -0.05) is 36.4 Å². The molecular formula is C30H27F6N3O2. The quantitative estimate of drug-likeness (QED) is 0.224. The molecule has 0 aliphatic rings. The molecule has 2 amide bonds. The van der Waals surface area contributed by atoms with Gasteiger partial charge in [-0.15, -0.1) is 0 Å². The summed E-state index contributed by atoms with van der Waals surface area (Å²) in [5, 5.41) is 3.63. The third-order valence-electron chi connectivity index (χ3n) is 6.90. The van der Waals surface area contributed by atoms with Gasteiger partial charge in [-0.2, -0.15) is 26.3 Å². The number of likely N-dealkylation sites (N-methyl/N-ethyl adjacent to an activating group) is 1. The van der Waals surface area contributed by atoms with Crippen molar-refractivity contribution in [2.75, 3.05) is 12.4 Å². The molecule has 41 heavy (non-hydrogen) atoms. The van der Waals surface area contributed by atoms with Crippen molar-refractivity contribution >= 4 is 28.4 Å². The van der Waals surface area contributed by atoms with Crippen molar-refractivity contribution in [1.82, 2.24) is 9.47 Å². The number of carbonyl (C=O) groups excluding carboxylic acids is 2. The van der Waals surface area contributed by atoms with Gasteiger partial charge in [0.1, 0.15) is 0 Å². The number of nitrogens with one attached hydrogen (secondary N) is 1. The topological polar surface area (TPSA) is 54.3 Å². The average Bonchev–Trinajstić information content (AvgIpc) is 3.24. The number of alkyl halides is 6. The fourth-order valence-electron chi connectivity index (χ4n) is 4.77. The lowest BCUT2D eigenvalue weighted by Gasteiger charge is -2.29. The van der Waals surface area contributed by atoms with E-state index in [9.17, 15) is 35.9 Å². The second-order valence-electron chi connectivity index (χ2n) is 9.80. The monoisotopic (exact) mass is 575 g/mol. The van der Waals surface area contributed by atoms with Gasteiger partial charge in [0.25, 0.3) is 5.91 Å². The molecule has 0 saturated heterocycles. The van der Waals surface area contributed by atoms with Gasteiger partial charge in [0.05, 0.1) is 11.1 Å². The molecular weight excluding hydrogens is 548 g/mol. The largest absolute Gasteiger partial charge is 0.416 e. The van der Waals surface area contributed by atoms with Crippen LogP contribution in [0.2, 0.25) is 0 Å². The zero-order valence-corrected chi connectivity index (χ0v) is 22.2. The number of hydrogen-bond donors (Lipinski definition) is 1. The Morgan fingerprint density at radius 1 is 0.878 bits per heavy atom. The summed E-state index contributed by atoms with van der Waals surface area (Å²) in [5.41, 5.74) is -1.60. The molecule has 1 atom stereocenters. The number of nitrogens with zero attached hydrogens (tertiary/aromatic N) is 2. The Kier molecular flexibility index (Phi) is 8.46. The Morgan fingerprint density at radius 3 is 2.07 bits per heavy atom. The minimum atomic E-state index is -5.09. The molecule has 0 bridgehead atoms. The third-order valence-corrected chi connectivity index (χ3v) is 6.90. The van der Waals surface area contributed by atoms with E-state index in [0.29, 0.717) is 17.8 Å². The number of carbonyl (C=O) groups is 2. The molecule has 1 unspecified atom stereocenters. The van der Waals surface area contributed by atoms with E-state index in [1.165, 1.54) is 7.05 Å². The van der Waals surface area contributed by atoms with Crippen LogP contribution in [0, 0.1) is 0 Å². The summed E-state index contributed by atoms with van der Waals surface area (Å²) in [4.78, 5) is 27.2. The minimum absolute atomic E-state index is 0.0156. The zero-order valence-electron chi connectivity index (χ0n) is 22.2. The SMILES string of the molecule is CN(C(=O)c1cc(C(F)(F)F)cc(C(F)(F)F)c1)C(CCC(=O)Nc1ccccc1)Cc1cn(C)c2ccccc12. The summed E-state index contributed by atoms with van der Waals surface area (Å²) in [6.45, 7) is 0. The lowest BCUT2D eigenvalue weighted by Crippen LogP contribution is -2.39. The minimum Gasteiger partial charge on any atom is -0.350 e. The first-order chi connectivity index (χ1) is 19.2. The molecule has 0 radical (unpaired) electrons. The predicted octanol–water partition coefficient (Wildman–Crippen LogP) is 7.32. The summed E-state index contributed by atoms with van der Waals surface area (Å²) in [6.07, 6.45) is -8.05. The van der Waals surface area contributed by atoms with Gasteiger partial charge in [-0.25, -0.2) is 0 Å². The third kappa shape index (κ3) is 7.08. The van der Waals surface area contributed by atoms with Gasteiger partial charge >= 0.3 is 12.4 Å². The molecule has 0 fully saturated rings. The van der Waals surface area contributed by atoms with E-state index in [-0.39, 0.29) is 31.2 Å². The van der Waals surface area contributed by atoms with Crippen molar-refractivity contribution in [3.05, 3.63) is 101 Å². The van der Waals surface area contributed by atoms with Crippen LogP contribution in [-0.4, -0.2) is 34.4 Å². The van der Waals surface area contributed by atoms with Crippen molar-refractivity contribution in [3.63, 3.8) is 0 Å². The Labute approximate surface area is 232 Å². The van der Waals surface area contributed by atoms with Crippen LogP contribution >= 0.6 is 0 Å². The number of amides is 2. The second kappa shape index (κ2) is 11.7. The van der Waals surface area contributed by atoms with Gasteiger partial charge in [0, 0.05) is 54.9 Å². The predicted molar refractivity (Wildman–Crippen MR) is 143 cm³/mol. The first-order valence-electron chi connectivity index (χ1n) is 12.7. The highest BCUT2D eigenvalue weighted by atomic mass is 19.4. The van der Waals surface area contributed by atoms with E-state index >= 15 is 0 Å². The van der Waals surface area contributed by atoms with Crippen molar-refractivity contribution in [2.45, 2.75) is 37.7 Å². The molecule has 4 rings (SSSR count). The van der Waals surface area contributed by atoms with Crippen molar-refractivity contribution in [1.29, 1.82) is 0 Å². The van der Waals surface area contributed by atoms with Crippen molar-refractivity contribution < 1.29 is 35.9 Å². The Balaban J connectivity index is 1.66. The fraction of sp³-hybridized carbons (Fsp3) is 0.267. The van der Waals surface area contributed by atoms with Crippen molar-refractivity contribution in [2.24, 2.45) is 7.05 Å². The van der Waals surface area contributed by atoms with Crippen LogP contribution in [0.15, 0.2) is 79.0 Å². The van der Waals surface area contributed by atoms with Gasteiger partial charge in [0.15, 0.2) is 0 Å².